The molecule has 162 valence electrons. The van der Waals surface area contributed by atoms with E-state index >= 15 is 0 Å². The van der Waals surface area contributed by atoms with Crippen LogP contribution < -0.4 is 10.6 Å². The van der Waals surface area contributed by atoms with Gasteiger partial charge in [-0.3, -0.25) is 19.8 Å². The van der Waals surface area contributed by atoms with E-state index < -0.39 is 0 Å². The lowest BCUT2D eigenvalue weighted by Crippen LogP contribution is -2.36. The molecule has 2 N–H and O–H groups in total. The van der Waals surface area contributed by atoms with Crippen molar-refractivity contribution in [3.8, 4) is 0 Å². The van der Waals surface area contributed by atoms with Crippen LogP contribution in [0.4, 0.5) is 5.69 Å². The van der Waals surface area contributed by atoms with Crippen molar-refractivity contribution < 1.29 is 4.79 Å². The predicted octanol–water partition coefficient (Wildman–Crippen LogP) is 4.75. The van der Waals surface area contributed by atoms with Gasteiger partial charge in [-0.25, -0.2) is 0 Å². The Kier molecular flexibility index (Phi) is 7.13. The largest absolute Gasteiger partial charge is 0.326 e. The van der Waals surface area contributed by atoms with E-state index in [1.807, 2.05) is 44.6 Å². The lowest BCUT2D eigenvalue weighted by atomic mass is 10.1. The molecule has 1 amide bonds. The van der Waals surface area contributed by atoms with Gasteiger partial charge in [0.1, 0.15) is 0 Å². The highest BCUT2D eigenvalue weighted by Crippen LogP contribution is 2.15. The molecule has 1 heterocycles. The molecular weight excluding hydrogens is 410 g/mol. The van der Waals surface area contributed by atoms with Gasteiger partial charge < -0.3 is 5.32 Å². The van der Waals surface area contributed by atoms with Crippen LogP contribution in [0, 0.1) is 27.7 Å². The van der Waals surface area contributed by atoms with Crippen LogP contribution in [0.5, 0.6) is 0 Å². The fraction of sp³-hybridized carbons (Fsp3) is 0.292. The van der Waals surface area contributed by atoms with E-state index in [4.69, 9.17) is 11.6 Å². The van der Waals surface area contributed by atoms with Crippen LogP contribution in [0.3, 0.4) is 0 Å². The predicted molar refractivity (Wildman–Crippen MR) is 127 cm³/mol. The average molecular weight is 438 g/mol. The number of guanidine groups is 1. The van der Waals surface area contributed by atoms with Crippen molar-refractivity contribution in [3.63, 3.8) is 0 Å². The van der Waals surface area contributed by atoms with Crippen molar-refractivity contribution in [3.05, 3.63) is 81.1 Å². The zero-order valence-corrected chi connectivity index (χ0v) is 19.3. The van der Waals surface area contributed by atoms with Gasteiger partial charge in [0.15, 0.2) is 0 Å². The molecule has 3 aromatic rings. The van der Waals surface area contributed by atoms with Crippen molar-refractivity contribution in [2.24, 2.45) is 12.0 Å². The standard InChI is InChI=1S/C24H28ClN5O/c1-15-12-16(2)14-21(13-15)27-24(28-23(31)19-6-8-20(25)9-7-19)26-11-10-22-17(3)29-30(5)18(22)4/h6-9,12-14H,10-11H2,1-5H3,(H2,26,27,28,31). The monoisotopic (exact) mass is 437 g/mol. The highest BCUT2D eigenvalue weighted by molar-refractivity contribution is 6.30. The number of benzene rings is 2. The minimum absolute atomic E-state index is 0.249. The third-order valence-electron chi connectivity index (χ3n) is 5.11. The number of nitrogens with one attached hydrogen (secondary N) is 2. The zero-order chi connectivity index (χ0) is 22.5. The number of amides is 1. The maximum Gasteiger partial charge on any atom is 0.257 e. The number of aliphatic imine (C=N–C) groups is 1. The molecule has 0 aliphatic heterocycles. The minimum Gasteiger partial charge on any atom is -0.326 e. The molecule has 0 unspecified atom stereocenters. The van der Waals surface area contributed by atoms with Gasteiger partial charge in [-0.15, -0.1) is 0 Å². The maximum atomic E-state index is 12.7. The molecular formula is C24H28ClN5O. The van der Waals surface area contributed by atoms with E-state index in [1.54, 1.807) is 24.3 Å². The second-order valence-electron chi connectivity index (χ2n) is 7.72. The summed E-state index contributed by atoms with van der Waals surface area (Å²) in [5.74, 6) is 0.158. The van der Waals surface area contributed by atoms with Gasteiger partial charge in [0.05, 0.1) is 5.69 Å². The molecule has 1 aromatic heterocycles. The fourth-order valence-corrected chi connectivity index (χ4v) is 3.66. The maximum absolute atomic E-state index is 12.7. The van der Waals surface area contributed by atoms with Gasteiger partial charge in [0, 0.05) is 35.6 Å². The van der Waals surface area contributed by atoms with Crippen molar-refractivity contribution in [1.82, 2.24) is 15.1 Å². The number of aromatic nitrogens is 2. The van der Waals surface area contributed by atoms with Gasteiger partial charge in [0.25, 0.3) is 5.91 Å². The number of halogens is 1. The lowest BCUT2D eigenvalue weighted by Gasteiger charge is -2.13. The first-order chi connectivity index (χ1) is 14.7. The van der Waals surface area contributed by atoms with Crippen LogP contribution >= 0.6 is 11.6 Å². The molecule has 0 bridgehead atoms. The van der Waals surface area contributed by atoms with Crippen LogP contribution in [0.25, 0.3) is 0 Å². The summed E-state index contributed by atoms with van der Waals surface area (Å²) in [6.45, 7) is 8.64. The Balaban J connectivity index is 1.81. The quantitative estimate of drug-likeness (QED) is 0.447. The van der Waals surface area contributed by atoms with E-state index in [9.17, 15) is 4.79 Å². The number of carbonyl (C=O) groups excluding carboxylic acids is 1. The molecule has 0 aliphatic rings. The normalized spacial score (nSPS) is 11.5. The first-order valence-corrected chi connectivity index (χ1v) is 10.6. The second-order valence-corrected chi connectivity index (χ2v) is 8.15. The Bertz CT molecular complexity index is 1100. The molecule has 0 radical (unpaired) electrons. The first kappa shape index (κ1) is 22.6. The van der Waals surface area contributed by atoms with Crippen LogP contribution in [0.2, 0.25) is 5.02 Å². The lowest BCUT2D eigenvalue weighted by molar-refractivity contribution is 0.0977. The highest BCUT2D eigenvalue weighted by Gasteiger charge is 2.12. The topological polar surface area (TPSA) is 71.3 Å². The number of hydrogen-bond acceptors (Lipinski definition) is 3. The van der Waals surface area contributed by atoms with Gasteiger partial charge in [-0.1, -0.05) is 17.7 Å². The smallest absolute Gasteiger partial charge is 0.257 e. The summed E-state index contributed by atoms with van der Waals surface area (Å²) in [4.78, 5) is 17.4. The summed E-state index contributed by atoms with van der Waals surface area (Å²) in [6.07, 6.45) is 0.736. The van der Waals surface area contributed by atoms with Crippen molar-refractivity contribution in [1.29, 1.82) is 0 Å². The molecule has 31 heavy (non-hydrogen) atoms. The molecule has 3 rings (SSSR count). The Morgan fingerprint density at radius 2 is 1.71 bits per heavy atom. The molecule has 0 fully saturated rings. The summed E-state index contributed by atoms with van der Waals surface area (Å²) in [5.41, 5.74) is 6.96. The number of hydrogen-bond donors (Lipinski definition) is 2. The number of aryl methyl sites for hydroxylation is 4. The van der Waals surface area contributed by atoms with Gasteiger partial charge in [0.2, 0.25) is 5.96 Å². The SMILES string of the molecule is Cc1cc(C)cc(NC(=NCCc2c(C)nn(C)c2C)NC(=O)c2ccc(Cl)cc2)c1. The molecule has 0 saturated carbocycles. The molecule has 0 atom stereocenters. The van der Waals surface area contributed by atoms with Crippen molar-refractivity contribution in [2.75, 3.05) is 11.9 Å². The summed E-state index contributed by atoms with van der Waals surface area (Å²) in [6, 6.07) is 12.9. The molecule has 0 spiro atoms. The second kappa shape index (κ2) is 9.79. The Morgan fingerprint density at radius 3 is 2.29 bits per heavy atom. The zero-order valence-electron chi connectivity index (χ0n) is 18.6. The minimum atomic E-state index is -0.249. The highest BCUT2D eigenvalue weighted by atomic mass is 35.5. The van der Waals surface area contributed by atoms with E-state index in [0.717, 1.165) is 34.6 Å². The number of anilines is 1. The summed E-state index contributed by atoms with van der Waals surface area (Å²) >= 11 is 5.94. The van der Waals surface area contributed by atoms with Crippen LogP contribution in [-0.4, -0.2) is 28.2 Å². The molecule has 6 nitrogen and oxygen atoms in total. The van der Waals surface area contributed by atoms with Gasteiger partial charge >= 0.3 is 0 Å². The molecule has 0 aliphatic carbocycles. The van der Waals surface area contributed by atoms with E-state index in [0.29, 0.717) is 23.1 Å². The molecule has 0 saturated heterocycles. The average Bonchev–Trinajstić information content (AvgIpc) is 2.93. The fourth-order valence-electron chi connectivity index (χ4n) is 3.53. The van der Waals surface area contributed by atoms with Crippen LogP contribution in [-0.2, 0) is 13.5 Å². The molecule has 2 aromatic carbocycles. The van der Waals surface area contributed by atoms with Gasteiger partial charge in [-0.2, -0.15) is 5.10 Å². The summed E-state index contributed by atoms with van der Waals surface area (Å²) < 4.78 is 1.88. The number of nitrogens with zero attached hydrogens (tertiary/aromatic N) is 3. The molecule has 7 heteroatoms. The van der Waals surface area contributed by atoms with E-state index in [-0.39, 0.29) is 5.91 Å². The Morgan fingerprint density at radius 1 is 1.06 bits per heavy atom. The number of carbonyl (C=O) groups is 1. The first-order valence-electron chi connectivity index (χ1n) is 10.2. The number of rotatable bonds is 5. The summed E-state index contributed by atoms with van der Waals surface area (Å²) in [7, 11) is 1.94. The Labute approximate surface area is 188 Å². The third-order valence-corrected chi connectivity index (χ3v) is 5.37. The van der Waals surface area contributed by atoms with E-state index in [2.05, 4.69) is 33.7 Å². The van der Waals surface area contributed by atoms with Crippen molar-refractivity contribution in [2.45, 2.75) is 34.1 Å². The van der Waals surface area contributed by atoms with E-state index in [1.165, 1.54) is 5.56 Å². The van der Waals surface area contributed by atoms with Crippen LogP contribution in [0.1, 0.15) is 38.4 Å². The summed E-state index contributed by atoms with van der Waals surface area (Å²) in [5, 5.41) is 11.2. The third kappa shape index (κ3) is 5.95. The van der Waals surface area contributed by atoms with Crippen molar-refractivity contribution >= 4 is 29.2 Å². The van der Waals surface area contributed by atoms with Gasteiger partial charge in [-0.05, 0) is 87.2 Å². The van der Waals surface area contributed by atoms with Crippen LogP contribution in [0.15, 0.2) is 47.5 Å². The Hall–Kier alpha value is -3.12.